The van der Waals surface area contributed by atoms with Gasteiger partial charge in [0.05, 0.1) is 11.1 Å². The van der Waals surface area contributed by atoms with E-state index in [1.807, 2.05) is 13.8 Å². The largest absolute Gasteiger partial charge is 0.478 e. The summed E-state index contributed by atoms with van der Waals surface area (Å²) in [4.78, 5) is 15.1. The summed E-state index contributed by atoms with van der Waals surface area (Å²) < 4.78 is 13.8. The molecule has 4 heteroatoms. The lowest BCUT2D eigenvalue weighted by atomic mass is 10.1. The van der Waals surface area contributed by atoms with E-state index in [0.29, 0.717) is 5.52 Å². The summed E-state index contributed by atoms with van der Waals surface area (Å²) in [7, 11) is 0. The first-order valence-corrected chi connectivity index (χ1v) is 5.33. The normalized spacial score (nSPS) is 11.1. The molecule has 0 bridgehead atoms. The quantitative estimate of drug-likeness (QED) is 0.866. The van der Waals surface area contributed by atoms with Gasteiger partial charge in [0.1, 0.15) is 5.82 Å². The van der Waals surface area contributed by atoms with E-state index in [0.717, 1.165) is 5.69 Å². The van der Waals surface area contributed by atoms with Gasteiger partial charge in [-0.1, -0.05) is 13.8 Å². The number of hydrogen-bond acceptors (Lipinski definition) is 2. The number of fused-ring (bicyclic) bond motifs is 1. The minimum absolute atomic E-state index is 0.245. The van der Waals surface area contributed by atoms with Gasteiger partial charge in [0.15, 0.2) is 0 Å². The van der Waals surface area contributed by atoms with Crippen LogP contribution in [0.15, 0.2) is 24.3 Å². The van der Waals surface area contributed by atoms with E-state index < -0.39 is 11.8 Å². The molecule has 1 aromatic carbocycles. The average molecular weight is 233 g/mol. The fourth-order valence-corrected chi connectivity index (χ4v) is 1.67. The van der Waals surface area contributed by atoms with Crippen molar-refractivity contribution in [2.24, 2.45) is 0 Å². The van der Waals surface area contributed by atoms with Crippen LogP contribution in [0.4, 0.5) is 4.39 Å². The molecule has 0 aliphatic carbocycles. The predicted octanol–water partition coefficient (Wildman–Crippen LogP) is 3.20. The summed E-state index contributed by atoms with van der Waals surface area (Å²) in [6.45, 7) is 3.99. The van der Waals surface area contributed by atoms with E-state index >= 15 is 0 Å². The topological polar surface area (TPSA) is 50.2 Å². The van der Waals surface area contributed by atoms with Gasteiger partial charge in [-0.25, -0.2) is 9.18 Å². The van der Waals surface area contributed by atoms with E-state index in [9.17, 15) is 9.18 Å². The monoisotopic (exact) mass is 233 g/mol. The molecule has 1 N–H and O–H groups in total. The highest BCUT2D eigenvalue weighted by molar-refractivity contribution is 5.93. The molecule has 1 heterocycles. The van der Waals surface area contributed by atoms with Gasteiger partial charge >= 0.3 is 5.97 Å². The van der Waals surface area contributed by atoms with E-state index in [4.69, 9.17) is 5.11 Å². The number of nitrogens with zero attached hydrogens (tertiary/aromatic N) is 1. The number of benzene rings is 1. The first-order chi connectivity index (χ1) is 8.00. The fourth-order valence-electron chi connectivity index (χ4n) is 1.67. The number of carboxylic acid groups (broad SMARTS) is 1. The highest BCUT2D eigenvalue weighted by Crippen LogP contribution is 2.22. The number of carboxylic acids is 1. The smallest absolute Gasteiger partial charge is 0.338 e. The minimum atomic E-state index is -1.27. The van der Waals surface area contributed by atoms with Crippen molar-refractivity contribution in [3.05, 3.63) is 41.3 Å². The van der Waals surface area contributed by atoms with Crippen molar-refractivity contribution in [2.45, 2.75) is 19.8 Å². The van der Waals surface area contributed by atoms with E-state index in [2.05, 4.69) is 4.98 Å². The molecule has 0 amide bonds. The number of halogens is 1. The van der Waals surface area contributed by atoms with Gasteiger partial charge in [0.25, 0.3) is 0 Å². The van der Waals surface area contributed by atoms with Crippen LogP contribution in [0.25, 0.3) is 10.9 Å². The summed E-state index contributed by atoms with van der Waals surface area (Å²) in [5.41, 5.74) is 1.02. The van der Waals surface area contributed by atoms with Gasteiger partial charge in [0, 0.05) is 11.1 Å². The van der Waals surface area contributed by atoms with Gasteiger partial charge in [-0.05, 0) is 30.2 Å². The minimum Gasteiger partial charge on any atom is -0.478 e. The molecule has 0 radical (unpaired) electrons. The van der Waals surface area contributed by atoms with Crippen LogP contribution in [-0.2, 0) is 0 Å². The summed E-state index contributed by atoms with van der Waals surface area (Å²) in [6.07, 6.45) is 0. The van der Waals surface area contributed by atoms with Gasteiger partial charge in [0.2, 0.25) is 0 Å². The zero-order valence-corrected chi connectivity index (χ0v) is 9.57. The first-order valence-electron chi connectivity index (χ1n) is 5.33. The summed E-state index contributed by atoms with van der Waals surface area (Å²) in [6, 6.07) is 6.09. The van der Waals surface area contributed by atoms with Crippen LogP contribution in [0.2, 0.25) is 0 Å². The Balaban J connectivity index is 2.68. The third kappa shape index (κ3) is 1.98. The second-order valence-corrected chi connectivity index (χ2v) is 4.19. The van der Waals surface area contributed by atoms with Gasteiger partial charge in [-0.15, -0.1) is 0 Å². The Morgan fingerprint density at radius 3 is 2.59 bits per heavy atom. The molecular formula is C13H12FNO2. The van der Waals surface area contributed by atoms with Crippen molar-refractivity contribution < 1.29 is 14.3 Å². The predicted molar refractivity (Wildman–Crippen MR) is 62.7 cm³/mol. The lowest BCUT2D eigenvalue weighted by Gasteiger charge is -2.07. The molecule has 2 rings (SSSR count). The zero-order chi connectivity index (χ0) is 12.6. The third-order valence-corrected chi connectivity index (χ3v) is 2.65. The molecule has 0 atom stereocenters. The molecule has 0 unspecified atom stereocenters. The third-order valence-electron chi connectivity index (χ3n) is 2.65. The molecule has 17 heavy (non-hydrogen) atoms. The average Bonchev–Trinajstić information content (AvgIpc) is 2.28. The Bertz CT molecular complexity index is 593. The van der Waals surface area contributed by atoms with Crippen LogP contribution in [-0.4, -0.2) is 16.1 Å². The van der Waals surface area contributed by atoms with Gasteiger partial charge in [-0.2, -0.15) is 0 Å². The standard InChI is InChI=1S/C13H12FNO2/c1-7(2)10-5-3-8-11(15-10)6-4-9(12(8)14)13(16)17/h3-7H,1-2H3,(H,16,17). The van der Waals surface area contributed by atoms with E-state index in [-0.39, 0.29) is 16.9 Å². The molecule has 0 spiro atoms. The van der Waals surface area contributed by atoms with Crippen molar-refractivity contribution in [3.63, 3.8) is 0 Å². The van der Waals surface area contributed by atoms with Crippen LogP contribution in [0, 0.1) is 5.82 Å². The zero-order valence-electron chi connectivity index (χ0n) is 9.57. The summed E-state index contributed by atoms with van der Waals surface area (Å²) in [5.74, 6) is -1.74. The van der Waals surface area contributed by atoms with Crippen LogP contribution in [0.5, 0.6) is 0 Å². The number of rotatable bonds is 2. The van der Waals surface area contributed by atoms with Crippen molar-refractivity contribution in [2.75, 3.05) is 0 Å². The van der Waals surface area contributed by atoms with Gasteiger partial charge < -0.3 is 5.11 Å². The Morgan fingerprint density at radius 2 is 2.00 bits per heavy atom. The number of aromatic nitrogens is 1. The molecule has 2 aromatic rings. The second-order valence-electron chi connectivity index (χ2n) is 4.19. The number of aromatic carboxylic acids is 1. The van der Waals surface area contributed by atoms with E-state index in [1.165, 1.54) is 12.1 Å². The van der Waals surface area contributed by atoms with E-state index in [1.54, 1.807) is 12.1 Å². The van der Waals surface area contributed by atoms with Crippen LogP contribution < -0.4 is 0 Å². The second kappa shape index (κ2) is 4.13. The molecular weight excluding hydrogens is 221 g/mol. The SMILES string of the molecule is CC(C)c1ccc2c(F)c(C(=O)O)ccc2n1. The molecule has 0 saturated carbocycles. The fraction of sp³-hybridized carbons (Fsp3) is 0.231. The van der Waals surface area contributed by atoms with Crippen LogP contribution in [0.1, 0.15) is 35.8 Å². The molecule has 3 nitrogen and oxygen atoms in total. The molecule has 0 aliphatic rings. The van der Waals surface area contributed by atoms with Crippen molar-refractivity contribution in [3.8, 4) is 0 Å². The Labute approximate surface area is 97.9 Å². The first kappa shape index (κ1) is 11.5. The molecule has 1 aromatic heterocycles. The molecule has 0 saturated heterocycles. The van der Waals surface area contributed by atoms with Crippen LogP contribution in [0.3, 0.4) is 0 Å². The maximum Gasteiger partial charge on any atom is 0.338 e. The Kier molecular flexibility index (Phi) is 2.79. The van der Waals surface area contributed by atoms with Crippen LogP contribution >= 0.6 is 0 Å². The maximum absolute atomic E-state index is 13.8. The summed E-state index contributed by atoms with van der Waals surface area (Å²) >= 11 is 0. The number of pyridine rings is 1. The Morgan fingerprint density at radius 1 is 1.29 bits per heavy atom. The van der Waals surface area contributed by atoms with Crippen molar-refractivity contribution >= 4 is 16.9 Å². The molecule has 0 fully saturated rings. The number of carbonyl (C=O) groups is 1. The summed E-state index contributed by atoms with van der Waals surface area (Å²) in [5, 5.41) is 9.05. The highest BCUT2D eigenvalue weighted by Gasteiger charge is 2.14. The van der Waals surface area contributed by atoms with Crippen molar-refractivity contribution in [1.29, 1.82) is 0 Å². The molecule has 88 valence electrons. The lowest BCUT2D eigenvalue weighted by Crippen LogP contribution is -2.02. The maximum atomic E-state index is 13.8. The Hall–Kier alpha value is -1.97. The molecule has 0 aliphatic heterocycles. The lowest BCUT2D eigenvalue weighted by molar-refractivity contribution is 0.0692. The number of hydrogen-bond donors (Lipinski definition) is 1. The highest BCUT2D eigenvalue weighted by atomic mass is 19.1. The van der Waals surface area contributed by atoms with Crippen molar-refractivity contribution in [1.82, 2.24) is 4.98 Å². The van der Waals surface area contributed by atoms with Gasteiger partial charge in [-0.3, -0.25) is 4.98 Å².